The first-order valence-electron chi connectivity index (χ1n) is 7.56. The van der Waals surface area contributed by atoms with Crippen molar-refractivity contribution in [2.75, 3.05) is 20.3 Å². The molecule has 0 saturated heterocycles. The second kappa shape index (κ2) is 6.06. The van der Waals surface area contributed by atoms with E-state index in [9.17, 15) is 4.79 Å². The molecule has 2 fully saturated rings. The van der Waals surface area contributed by atoms with E-state index in [2.05, 4.69) is 15.3 Å². The van der Waals surface area contributed by atoms with Crippen LogP contribution in [0.3, 0.4) is 0 Å². The monoisotopic (exact) mass is 277 g/mol. The van der Waals surface area contributed by atoms with Gasteiger partial charge >= 0.3 is 0 Å². The van der Waals surface area contributed by atoms with Crippen LogP contribution in [0.2, 0.25) is 0 Å². The number of hydrogen-bond donors (Lipinski definition) is 2. The van der Waals surface area contributed by atoms with Crippen LogP contribution >= 0.6 is 0 Å². The van der Waals surface area contributed by atoms with Crippen LogP contribution in [0.4, 0.5) is 0 Å². The van der Waals surface area contributed by atoms with E-state index in [0.29, 0.717) is 19.1 Å². The smallest absolute Gasteiger partial charge is 0.251 e. The number of aromatic nitrogens is 2. The molecular weight excluding hydrogens is 254 g/mol. The van der Waals surface area contributed by atoms with Gasteiger partial charge in [-0.25, -0.2) is 4.98 Å². The van der Waals surface area contributed by atoms with E-state index >= 15 is 0 Å². The van der Waals surface area contributed by atoms with E-state index in [4.69, 9.17) is 4.74 Å². The van der Waals surface area contributed by atoms with E-state index in [0.717, 1.165) is 29.9 Å². The van der Waals surface area contributed by atoms with Crippen molar-refractivity contribution < 1.29 is 4.74 Å². The molecule has 1 heterocycles. The number of H-pyrrole nitrogens is 1. The van der Waals surface area contributed by atoms with Crippen LogP contribution in [-0.4, -0.2) is 30.2 Å². The largest absolute Gasteiger partial charge is 0.383 e. The molecule has 20 heavy (non-hydrogen) atoms. The van der Waals surface area contributed by atoms with Gasteiger partial charge in [0.25, 0.3) is 5.56 Å². The average molecular weight is 277 g/mol. The number of nitrogens with one attached hydrogen (secondary N) is 2. The molecule has 0 amide bonds. The summed E-state index contributed by atoms with van der Waals surface area (Å²) in [4.78, 5) is 19.4. The maximum absolute atomic E-state index is 11.8. The maximum Gasteiger partial charge on any atom is 0.251 e. The topological polar surface area (TPSA) is 67.0 Å². The fraction of sp³-hybridized carbons (Fsp3) is 0.733. The Kier molecular flexibility index (Phi) is 4.17. The number of aromatic amines is 1. The standard InChI is InChI=1S/C15H23N3O2/c1-20-5-4-16-9-12-8-14(19)18-15(17-12)13-7-10-2-3-11(13)6-10/h8,10-11,13,16H,2-7,9H2,1H3,(H,17,18,19). The van der Waals surface area contributed by atoms with Gasteiger partial charge in [0, 0.05) is 32.2 Å². The highest BCUT2D eigenvalue weighted by atomic mass is 16.5. The van der Waals surface area contributed by atoms with E-state index in [-0.39, 0.29) is 5.56 Å². The van der Waals surface area contributed by atoms with Gasteiger partial charge in [0.05, 0.1) is 12.3 Å². The van der Waals surface area contributed by atoms with Gasteiger partial charge in [-0.15, -0.1) is 0 Å². The second-order valence-corrected chi connectivity index (χ2v) is 6.07. The molecule has 0 aromatic carbocycles. The van der Waals surface area contributed by atoms with Crippen molar-refractivity contribution in [1.82, 2.24) is 15.3 Å². The summed E-state index contributed by atoms with van der Waals surface area (Å²) >= 11 is 0. The zero-order valence-corrected chi connectivity index (χ0v) is 12.0. The summed E-state index contributed by atoms with van der Waals surface area (Å²) in [5, 5.41) is 3.24. The maximum atomic E-state index is 11.8. The summed E-state index contributed by atoms with van der Waals surface area (Å²) in [6.07, 6.45) is 5.19. The quantitative estimate of drug-likeness (QED) is 0.772. The Morgan fingerprint density at radius 2 is 2.35 bits per heavy atom. The lowest BCUT2D eigenvalue weighted by molar-refractivity contribution is 0.199. The van der Waals surface area contributed by atoms with Crippen LogP contribution in [0, 0.1) is 11.8 Å². The minimum Gasteiger partial charge on any atom is -0.383 e. The number of hydrogen-bond acceptors (Lipinski definition) is 4. The highest BCUT2D eigenvalue weighted by Crippen LogP contribution is 2.51. The molecule has 3 atom stereocenters. The molecule has 0 spiro atoms. The van der Waals surface area contributed by atoms with E-state index in [1.54, 1.807) is 13.2 Å². The molecule has 110 valence electrons. The van der Waals surface area contributed by atoms with Gasteiger partial charge in [-0.3, -0.25) is 4.79 Å². The summed E-state index contributed by atoms with van der Waals surface area (Å²) in [6, 6.07) is 1.59. The number of methoxy groups -OCH3 is 1. The van der Waals surface area contributed by atoms with Crippen LogP contribution in [0.1, 0.15) is 43.1 Å². The third-order valence-corrected chi connectivity index (χ3v) is 4.69. The zero-order valence-electron chi connectivity index (χ0n) is 12.0. The van der Waals surface area contributed by atoms with Crippen LogP contribution in [0.15, 0.2) is 10.9 Å². The second-order valence-electron chi connectivity index (χ2n) is 6.07. The molecule has 3 rings (SSSR count). The molecule has 2 saturated carbocycles. The molecule has 0 radical (unpaired) electrons. The van der Waals surface area contributed by atoms with Crippen molar-refractivity contribution >= 4 is 0 Å². The molecule has 2 aliphatic carbocycles. The molecule has 2 bridgehead atoms. The van der Waals surface area contributed by atoms with Crippen molar-refractivity contribution in [2.45, 2.75) is 38.1 Å². The molecular formula is C15H23N3O2. The Labute approximate surface area is 119 Å². The third kappa shape index (κ3) is 2.94. The first-order valence-corrected chi connectivity index (χ1v) is 7.56. The SMILES string of the molecule is COCCNCc1cc(=O)[nH]c(C2CC3CCC2C3)n1. The Morgan fingerprint density at radius 3 is 3.05 bits per heavy atom. The first kappa shape index (κ1) is 13.8. The van der Waals surface area contributed by atoms with E-state index in [1.165, 1.54) is 25.7 Å². The van der Waals surface area contributed by atoms with Crippen LogP contribution in [-0.2, 0) is 11.3 Å². The van der Waals surface area contributed by atoms with E-state index < -0.39 is 0 Å². The first-order chi connectivity index (χ1) is 9.76. The van der Waals surface area contributed by atoms with Gasteiger partial charge in [-0.05, 0) is 31.1 Å². The minimum absolute atomic E-state index is 0.0266. The van der Waals surface area contributed by atoms with Gasteiger partial charge in [-0.1, -0.05) is 6.42 Å². The Hall–Kier alpha value is -1.20. The lowest BCUT2D eigenvalue weighted by Crippen LogP contribution is -2.23. The predicted octanol–water partition coefficient (Wildman–Crippen LogP) is 1.41. The van der Waals surface area contributed by atoms with Gasteiger partial charge < -0.3 is 15.0 Å². The highest BCUT2D eigenvalue weighted by Gasteiger charge is 2.41. The normalized spacial score (nSPS) is 28.1. The molecule has 5 nitrogen and oxygen atoms in total. The molecule has 1 aromatic heterocycles. The summed E-state index contributed by atoms with van der Waals surface area (Å²) in [5.41, 5.74) is 0.809. The van der Waals surface area contributed by atoms with Crippen molar-refractivity contribution in [3.63, 3.8) is 0 Å². The lowest BCUT2D eigenvalue weighted by Gasteiger charge is -2.21. The number of ether oxygens (including phenoxy) is 1. The Bertz CT molecular complexity index is 514. The van der Waals surface area contributed by atoms with Crippen molar-refractivity contribution in [3.05, 3.63) is 27.9 Å². The number of rotatable bonds is 6. The fourth-order valence-electron chi connectivity index (χ4n) is 3.77. The summed E-state index contributed by atoms with van der Waals surface area (Å²) in [7, 11) is 1.68. The average Bonchev–Trinajstić information content (AvgIpc) is 3.05. The van der Waals surface area contributed by atoms with Gasteiger partial charge in [0.1, 0.15) is 5.82 Å². The van der Waals surface area contributed by atoms with Gasteiger partial charge in [-0.2, -0.15) is 0 Å². The molecule has 2 N–H and O–H groups in total. The van der Waals surface area contributed by atoms with Crippen LogP contribution in [0.25, 0.3) is 0 Å². The highest BCUT2D eigenvalue weighted by molar-refractivity contribution is 5.11. The lowest BCUT2D eigenvalue weighted by atomic mass is 9.88. The third-order valence-electron chi connectivity index (χ3n) is 4.69. The Balaban J connectivity index is 1.69. The van der Waals surface area contributed by atoms with Crippen molar-refractivity contribution in [2.24, 2.45) is 11.8 Å². The van der Waals surface area contributed by atoms with Gasteiger partial charge in [0.15, 0.2) is 0 Å². The molecule has 5 heteroatoms. The van der Waals surface area contributed by atoms with Crippen molar-refractivity contribution in [3.8, 4) is 0 Å². The summed E-state index contributed by atoms with van der Waals surface area (Å²) < 4.78 is 4.99. The number of fused-ring (bicyclic) bond motifs is 2. The minimum atomic E-state index is -0.0266. The molecule has 2 aliphatic rings. The molecule has 3 unspecified atom stereocenters. The zero-order chi connectivity index (χ0) is 13.9. The summed E-state index contributed by atoms with van der Waals surface area (Å²) in [5.74, 6) is 2.98. The fourth-order valence-corrected chi connectivity index (χ4v) is 3.77. The molecule has 0 aliphatic heterocycles. The predicted molar refractivity (Wildman–Crippen MR) is 76.6 cm³/mol. The van der Waals surface area contributed by atoms with E-state index in [1.807, 2.05) is 0 Å². The van der Waals surface area contributed by atoms with Crippen LogP contribution < -0.4 is 10.9 Å². The number of nitrogens with zero attached hydrogens (tertiary/aromatic N) is 1. The van der Waals surface area contributed by atoms with Crippen LogP contribution in [0.5, 0.6) is 0 Å². The van der Waals surface area contributed by atoms with Gasteiger partial charge in [0.2, 0.25) is 0 Å². The summed E-state index contributed by atoms with van der Waals surface area (Å²) in [6.45, 7) is 2.07. The Morgan fingerprint density at radius 1 is 1.45 bits per heavy atom. The molecule has 1 aromatic rings. The van der Waals surface area contributed by atoms with Crippen molar-refractivity contribution in [1.29, 1.82) is 0 Å².